The van der Waals surface area contributed by atoms with Gasteiger partial charge in [-0.15, -0.1) is 0 Å². The molecule has 1 aliphatic heterocycles. The average Bonchev–Trinajstić information content (AvgIpc) is 3.41. The molecule has 2 aromatic carbocycles. The highest BCUT2D eigenvalue weighted by atomic mass is 16.5. The van der Waals surface area contributed by atoms with Crippen LogP contribution in [0.5, 0.6) is 5.75 Å². The van der Waals surface area contributed by atoms with E-state index in [9.17, 15) is 0 Å². The standard InChI is InChI=1S/C22H26N4O2/c1-27-19-10-5-7-17(13-19)14-26(15-20-11-6-12-28-20)16-21-22(24-25-23-21)18-8-3-2-4-9-18/h2-5,7-10,13,20H,6,11-12,14-16H2,1H3,(H,23,24,25). The maximum absolute atomic E-state index is 5.89. The van der Waals surface area contributed by atoms with Crippen molar-refractivity contribution in [2.75, 3.05) is 20.3 Å². The molecular weight excluding hydrogens is 352 g/mol. The zero-order valence-corrected chi connectivity index (χ0v) is 16.2. The minimum absolute atomic E-state index is 0.276. The molecule has 6 heteroatoms. The van der Waals surface area contributed by atoms with Crippen molar-refractivity contribution in [3.8, 4) is 17.0 Å². The van der Waals surface area contributed by atoms with E-state index >= 15 is 0 Å². The summed E-state index contributed by atoms with van der Waals surface area (Å²) < 4.78 is 11.3. The van der Waals surface area contributed by atoms with Gasteiger partial charge in [0.1, 0.15) is 17.1 Å². The first-order valence-electron chi connectivity index (χ1n) is 9.74. The molecule has 1 N–H and O–H groups in total. The third-order valence-corrected chi connectivity index (χ3v) is 5.07. The summed E-state index contributed by atoms with van der Waals surface area (Å²) in [4.78, 5) is 2.38. The molecule has 3 aromatic rings. The molecule has 0 aliphatic carbocycles. The Labute approximate surface area is 165 Å². The van der Waals surface area contributed by atoms with Gasteiger partial charge in [-0.1, -0.05) is 42.5 Å². The third kappa shape index (κ3) is 4.58. The van der Waals surface area contributed by atoms with Gasteiger partial charge in [0.15, 0.2) is 0 Å². The van der Waals surface area contributed by atoms with Crippen LogP contribution in [0.15, 0.2) is 54.6 Å². The maximum Gasteiger partial charge on any atom is 0.119 e. The lowest BCUT2D eigenvalue weighted by Crippen LogP contribution is -2.31. The van der Waals surface area contributed by atoms with Crippen molar-refractivity contribution in [1.29, 1.82) is 0 Å². The number of hydrogen-bond donors (Lipinski definition) is 1. The van der Waals surface area contributed by atoms with Crippen LogP contribution in [0, 0.1) is 0 Å². The summed E-state index contributed by atoms with van der Waals surface area (Å²) in [6.45, 7) is 3.24. The minimum atomic E-state index is 0.276. The first kappa shape index (κ1) is 18.7. The lowest BCUT2D eigenvalue weighted by molar-refractivity contribution is 0.0675. The molecule has 0 radical (unpaired) electrons. The largest absolute Gasteiger partial charge is 0.497 e. The van der Waals surface area contributed by atoms with Crippen LogP contribution in [0.2, 0.25) is 0 Å². The number of ether oxygens (including phenoxy) is 2. The smallest absolute Gasteiger partial charge is 0.119 e. The van der Waals surface area contributed by atoms with Crippen molar-refractivity contribution < 1.29 is 9.47 Å². The molecule has 1 aromatic heterocycles. The van der Waals surface area contributed by atoms with E-state index in [2.05, 4.69) is 44.6 Å². The molecule has 28 heavy (non-hydrogen) atoms. The Bertz CT molecular complexity index is 875. The Kier molecular flexibility index (Phi) is 5.99. The van der Waals surface area contributed by atoms with E-state index in [1.807, 2.05) is 30.3 Å². The number of nitrogens with zero attached hydrogens (tertiary/aromatic N) is 3. The highest BCUT2D eigenvalue weighted by Gasteiger charge is 2.22. The van der Waals surface area contributed by atoms with Crippen molar-refractivity contribution in [1.82, 2.24) is 20.3 Å². The van der Waals surface area contributed by atoms with Crippen molar-refractivity contribution in [3.05, 3.63) is 65.9 Å². The SMILES string of the molecule is COc1cccc(CN(Cc2n[nH]nc2-c2ccccc2)CC2CCCO2)c1. The number of H-pyrrole nitrogens is 1. The van der Waals surface area contributed by atoms with E-state index in [0.29, 0.717) is 6.54 Å². The van der Waals surface area contributed by atoms with Gasteiger partial charge >= 0.3 is 0 Å². The number of hydrogen-bond acceptors (Lipinski definition) is 5. The van der Waals surface area contributed by atoms with Crippen LogP contribution < -0.4 is 4.74 Å². The monoisotopic (exact) mass is 378 g/mol. The summed E-state index contributed by atoms with van der Waals surface area (Å²) in [7, 11) is 1.70. The summed E-state index contributed by atoms with van der Waals surface area (Å²) in [5, 5.41) is 11.6. The van der Waals surface area contributed by atoms with E-state index < -0.39 is 0 Å². The van der Waals surface area contributed by atoms with Crippen molar-refractivity contribution in [2.45, 2.75) is 32.0 Å². The van der Waals surface area contributed by atoms with E-state index in [0.717, 1.165) is 55.2 Å². The molecule has 1 atom stereocenters. The van der Waals surface area contributed by atoms with Crippen molar-refractivity contribution in [3.63, 3.8) is 0 Å². The van der Waals surface area contributed by atoms with Gasteiger partial charge in [-0.25, -0.2) is 0 Å². The summed E-state index contributed by atoms with van der Waals surface area (Å²) >= 11 is 0. The Morgan fingerprint density at radius 2 is 2.00 bits per heavy atom. The summed E-state index contributed by atoms with van der Waals surface area (Å²) in [6.07, 6.45) is 2.52. The molecule has 1 aliphatic rings. The first-order chi connectivity index (χ1) is 13.8. The van der Waals surface area contributed by atoms with E-state index in [1.165, 1.54) is 5.56 Å². The Hall–Kier alpha value is -2.70. The van der Waals surface area contributed by atoms with Gasteiger partial charge in [-0.2, -0.15) is 15.4 Å². The molecular formula is C22H26N4O2. The highest BCUT2D eigenvalue weighted by Crippen LogP contribution is 2.23. The molecule has 0 bridgehead atoms. The first-order valence-corrected chi connectivity index (χ1v) is 9.74. The Balaban J connectivity index is 1.54. The molecule has 2 heterocycles. The predicted octanol–water partition coefficient (Wildman–Crippen LogP) is 3.66. The minimum Gasteiger partial charge on any atom is -0.497 e. The van der Waals surface area contributed by atoms with E-state index in [4.69, 9.17) is 9.47 Å². The van der Waals surface area contributed by atoms with Gasteiger partial charge in [0.05, 0.1) is 13.2 Å². The zero-order chi connectivity index (χ0) is 19.2. The highest BCUT2D eigenvalue weighted by molar-refractivity contribution is 5.60. The van der Waals surface area contributed by atoms with Crippen LogP contribution in [0.25, 0.3) is 11.3 Å². The quantitative estimate of drug-likeness (QED) is 0.648. The molecule has 1 fully saturated rings. The van der Waals surface area contributed by atoms with E-state index in [1.54, 1.807) is 7.11 Å². The van der Waals surface area contributed by atoms with Crippen LogP contribution in [0.3, 0.4) is 0 Å². The van der Waals surface area contributed by atoms with Gasteiger partial charge in [0.2, 0.25) is 0 Å². The lowest BCUT2D eigenvalue weighted by Gasteiger charge is -2.25. The number of aromatic nitrogens is 3. The molecule has 146 valence electrons. The van der Waals surface area contributed by atoms with Crippen LogP contribution >= 0.6 is 0 Å². The fourth-order valence-corrected chi connectivity index (χ4v) is 3.69. The van der Waals surface area contributed by atoms with E-state index in [-0.39, 0.29) is 6.10 Å². The van der Waals surface area contributed by atoms with Crippen LogP contribution in [-0.4, -0.2) is 46.7 Å². The summed E-state index contributed by atoms with van der Waals surface area (Å²) in [5.74, 6) is 0.876. The van der Waals surface area contributed by atoms with Gasteiger partial charge in [0, 0.05) is 31.8 Å². The van der Waals surface area contributed by atoms with Crippen molar-refractivity contribution >= 4 is 0 Å². The Morgan fingerprint density at radius 1 is 1.11 bits per heavy atom. The summed E-state index contributed by atoms with van der Waals surface area (Å²) in [5.41, 5.74) is 4.14. The number of rotatable bonds is 8. The fourth-order valence-electron chi connectivity index (χ4n) is 3.69. The van der Waals surface area contributed by atoms with Gasteiger partial charge in [-0.05, 0) is 30.5 Å². The topological polar surface area (TPSA) is 63.3 Å². The molecule has 0 saturated carbocycles. The second-order valence-corrected chi connectivity index (χ2v) is 7.14. The average molecular weight is 378 g/mol. The van der Waals surface area contributed by atoms with Crippen molar-refractivity contribution in [2.24, 2.45) is 0 Å². The number of nitrogens with one attached hydrogen (secondary N) is 1. The fraction of sp³-hybridized carbons (Fsp3) is 0.364. The zero-order valence-electron chi connectivity index (χ0n) is 16.2. The molecule has 0 amide bonds. The van der Waals surface area contributed by atoms with Crippen LogP contribution in [-0.2, 0) is 17.8 Å². The molecule has 1 saturated heterocycles. The second kappa shape index (κ2) is 8.99. The number of methoxy groups -OCH3 is 1. The Morgan fingerprint density at radius 3 is 2.79 bits per heavy atom. The van der Waals surface area contributed by atoms with Gasteiger partial charge < -0.3 is 9.47 Å². The maximum atomic E-state index is 5.89. The molecule has 0 spiro atoms. The van der Waals surface area contributed by atoms with Gasteiger partial charge in [0.25, 0.3) is 0 Å². The van der Waals surface area contributed by atoms with Crippen LogP contribution in [0.4, 0.5) is 0 Å². The second-order valence-electron chi connectivity index (χ2n) is 7.14. The predicted molar refractivity (Wildman–Crippen MR) is 108 cm³/mol. The normalized spacial score (nSPS) is 16.6. The third-order valence-electron chi connectivity index (χ3n) is 5.07. The molecule has 1 unspecified atom stereocenters. The number of benzene rings is 2. The summed E-state index contributed by atoms with van der Waals surface area (Å²) in [6, 6.07) is 18.4. The van der Waals surface area contributed by atoms with Crippen LogP contribution in [0.1, 0.15) is 24.1 Å². The number of aromatic amines is 1. The molecule has 6 nitrogen and oxygen atoms in total. The van der Waals surface area contributed by atoms with Gasteiger partial charge in [-0.3, -0.25) is 4.90 Å². The lowest BCUT2D eigenvalue weighted by atomic mass is 10.1. The molecule has 4 rings (SSSR count).